The molecule has 56 valence electrons. The van der Waals surface area contributed by atoms with Crippen molar-refractivity contribution >= 4 is 10.0 Å². The van der Waals surface area contributed by atoms with Gasteiger partial charge in [-0.25, -0.2) is 17.9 Å². The third kappa shape index (κ3) is 11.2. The molecule has 0 amide bonds. The molecule has 5 N–H and O–H groups in total. The number of rotatable bonds is 2. The predicted molar refractivity (Wildman–Crippen MR) is 33.2 cm³/mol. The van der Waals surface area contributed by atoms with Crippen LogP contribution in [0.3, 0.4) is 0 Å². The second-order valence-corrected chi connectivity index (χ2v) is 2.85. The maximum atomic E-state index is 11.0. The van der Waals surface area contributed by atoms with Crippen LogP contribution in [0.2, 0.25) is 0 Å². The summed E-state index contributed by atoms with van der Waals surface area (Å²) in [5.74, 6) is -0.441. The van der Waals surface area contributed by atoms with E-state index in [0.717, 1.165) is 6.08 Å². The number of nitrogens with two attached hydrogens (primary N) is 1. The van der Waals surface area contributed by atoms with Crippen molar-refractivity contribution in [1.82, 2.24) is 6.15 Å². The van der Waals surface area contributed by atoms with Gasteiger partial charge in [0.1, 0.15) is 0 Å². The fraction of sp³-hybridized carbons (Fsp3) is 0.333. The van der Waals surface area contributed by atoms with Gasteiger partial charge in [-0.3, -0.25) is 0 Å². The Morgan fingerprint density at radius 1 is 1.56 bits per heavy atom. The molecular formula is C3H9FN2O2S. The molecule has 0 aromatic rings. The van der Waals surface area contributed by atoms with Crippen molar-refractivity contribution in [2.75, 3.05) is 5.75 Å². The molecule has 0 aromatic carbocycles. The van der Waals surface area contributed by atoms with E-state index in [1.165, 1.54) is 0 Å². The SMILES string of the molecule is N.NS(=O)(=O)CC=CF. The van der Waals surface area contributed by atoms with Gasteiger partial charge in [-0.1, -0.05) is 0 Å². The van der Waals surface area contributed by atoms with E-state index in [0.29, 0.717) is 0 Å². The summed E-state index contributed by atoms with van der Waals surface area (Å²) in [5.41, 5.74) is 0. The standard InChI is InChI=1S/C3H6FNO2S.H3N/c4-2-1-3-8(5,6)7;/h1-2H,3H2,(H2,5,6,7);1H3. The first kappa shape index (κ1) is 11.4. The Kier molecular flexibility index (Phi) is 5.58. The van der Waals surface area contributed by atoms with Gasteiger partial charge in [-0.05, 0) is 6.08 Å². The summed E-state index contributed by atoms with van der Waals surface area (Å²) in [6.45, 7) is 0. The second-order valence-electron chi connectivity index (χ2n) is 1.19. The zero-order valence-electron chi connectivity index (χ0n) is 4.75. The first-order valence-corrected chi connectivity index (χ1v) is 3.53. The van der Waals surface area contributed by atoms with Gasteiger partial charge in [0.05, 0.1) is 12.1 Å². The molecule has 0 saturated heterocycles. The highest BCUT2D eigenvalue weighted by molar-refractivity contribution is 7.89. The maximum absolute atomic E-state index is 11.0. The lowest BCUT2D eigenvalue weighted by molar-refractivity contribution is 0.600. The molecule has 4 nitrogen and oxygen atoms in total. The van der Waals surface area contributed by atoms with Crippen LogP contribution in [0.5, 0.6) is 0 Å². The highest BCUT2D eigenvalue weighted by Crippen LogP contribution is 1.79. The molecule has 0 aromatic heterocycles. The first-order chi connectivity index (χ1) is 3.56. The molecule has 0 aliphatic carbocycles. The average Bonchev–Trinajstić information content (AvgIpc) is 1.59. The van der Waals surface area contributed by atoms with E-state index in [2.05, 4.69) is 5.14 Å². The molecule has 0 radical (unpaired) electrons. The molecular weight excluding hydrogens is 147 g/mol. The van der Waals surface area contributed by atoms with Crippen molar-refractivity contribution in [3.63, 3.8) is 0 Å². The molecule has 0 bridgehead atoms. The molecule has 0 heterocycles. The average molecular weight is 156 g/mol. The molecule has 0 saturated carbocycles. The molecule has 9 heavy (non-hydrogen) atoms. The van der Waals surface area contributed by atoms with E-state index >= 15 is 0 Å². The Morgan fingerprint density at radius 3 is 2.11 bits per heavy atom. The van der Waals surface area contributed by atoms with Crippen LogP contribution in [0.25, 0.3) is 0 Å². The van der Waals surface area contributed by atoms with Crippen molar-refractivity contribution in [1.29, 1.82) is 0 Å². The number of sulfonamides is 1. The van der Waals surface area contributed by atoms with E-state index in [-0.39, 0.29) is 12.5 Å². The quantitative estimate of drug-likeness (QED) is 0.585. The Morgan fingerprint density at radius 2 is 2.00 bits per heavy atom. The predicted octanol–water partition coefficient (Wildman–Crippen LogP) is -0.0799. The summed E-state index contributed by atoms with van der Waals surface area (Å²) in [6.07, 6.45) is 0.972. The maximum Gasteiger partial charge on any atom is 0.212 e. The third-order valence-electron chi connectivity index (χ3n) is 0.418. The fourth-order valence-electron chi connectivity index (χ4n) is 0.170. The van der Waals surface area contributed by atoms with Crippen molar-refractivity contribution in [2.24, 2.45) is 5.14 Å². The fourth-order valence-corrected chi connectivity index (χ4v) is 0.511. The van der Waals surface area contributed by atoms with E-state index in [1.807, 2.05) is 0 Å². The van der Waals surface area contributed by atoms with Crippen LogP contribution >= 0.6 is 0 Å². The smallest absolute Gasteiger partial charge is 0.212 e. The first-order valence-electron chi connectivity index (χ1n) is 1.82. The summed E-state index contributed by atoms with van der Waals surface area (Å²) >= 11 is 0. The van der Waals surface area contributed by atoms with E-state index in [9.17, 15) is 12.8 Å². The Hall–Kier alpha value is -0.460. The zero-order valence-corrected chi connectivity index (χ0v) is 5.57. The van der Waals surface area contributed by atoms with Gasteiger partial charge in [-0.15, -0.1) is 0 Å². The van der Waals surface area contributed by atoms with Crippen LogP contribution in [-0.2, 0) is 10.0 Å². The summed E-state index contributed by atoms with van der Waals surface area (Å²) in [5, 5.41) is 4.48. The molecule has 0 aliphatic heterocycles. The molecule has 0 unspecified atom stereocenters. The number of primary sulfonamides is 1. The Balaban J connectivity index is 0. The van der Waals surface area contributed by atoms with Gasteiger partial charge in [0.15, 0.2) is 0 Å². The van der Waals surface area contributed by atoms with Crippen molar-refractivity contribution < 1.29 is 12.8 Å². The second kappa shape index (κ2) is 4.42. The van der Waals surface area contributed by atoms with Gasteiger partial charge in [-0.2, -0.15) is 0 Å². The minimum Gasteiger partial charge on any atom is -0.344 e. The highest BCUT2D eigenvalue weighted by Gasteiger charge is 1.95. The van der Waals surface area contributed by atoms with E-state index in [1.54, 1.807) is 0 Å². The van der Waals surface area contributed by atoms with Gasteiger partial charge < -0.3 is 6.15 Å². The Bertz CT molecular complexity index is 174. The summed E-state index contributed by atoms with van der Waals surface area (Å²) in [4.78, 5) is 0. The zero-order chi connectivity index (χ0) is 6.62. The number of hydrogen-bond acceptors (Lipinski definition) is 3. The van der Waals surface area contributed by atoms with Crippen LogP contribution in [0.4, 0.5) is 4.39 Å². The van der Waals surface area contributed by atoms with Crippen LogP contribution in [0, 0.1) is 0 Å². The lowest BCUT2D eigenvalue weighted by Crippen LogP contribution is -2.14. The van der Waals surface area contributed by atoms with Crippen LogP contribution in [0.15, 0.2) is 12.4 Å². The molecule has 6 heteroatoms. The molecule has 0 spiro atoms. The summed E-state index contributed by atoms with van der Waals surface area (Å²) in [6, 6.07) is 0. The van der Waals surface area contributed by atoms with E-state index < -0.39 is 15.8 Å². The van der Waals surface area contributed by atoms with Crippen LogP contribution < -0.4 is 11.3 Å². The van der Waals surface area contributed by atoms with Gasteiger partial charge in [0.25, 0.3) is 0 Å². The largest absolute Gasteiger partial charge is 0.344 e. The summed E-state index contributed by atoms with van der Waals surface area (Å²) in [7, 11) is -3.51. The van der Waals surface area contributed by atoms with Crippen LogP contribution in [-0.4, -0.2) is 14.2 Å². The lowest BCUT2D eigenvalue weighted by Gasteiger charge is -1.84. The van der Waals surface area contributed by atoms with Gasteiger partial charge in [0, 0.05) is 0 Å². The minimum atomic E-state index is -3.51. The van der Waals surface area contributed by atoms with Gasteiger partial charge in [0.2, 0.25) is 10.0 Å². The van der Waals surface area contributed by atoms with Crippen molar-refractivity contribution in [3.05, 3.63) is 12.4 Å². The molecule has 0 atom stereocenters. The monoisotopic (exact) mass is 156 g/mol. The normalized spacial score (nSPS) is 11.3. The topological polar surface area (TPSA) is 95.2 Å². The van der Waals surface area contributed by atoms with Crippen molar-refractivity contribution in [3.8, 4) is 0 Å². The van der Waals surface area contributed by atoms with Crippen molar-refractivity contribution in [2.45, 2.75) is 0 Å². The minimum absolute atomic E-state index is 0. The van der Waals surface area contributed by atoms with Gasteiger partial charge >= 0.3 is 0 Å². The van der Waals surface area contributed by atoms with Crippen LogP contribution in [0.1, 0.15) is 0 Å². The molecule has 0 rings (SSSR count). The van der Waals surface area contributed by atoms with E-state index in [4.69, 9.17) is 0 Å². The number of halogens is 1. The third-order valence-corrected chi connectivity index (χ3v) is 1.07. The molecule has 0 fully saturated rings. The highest BCUT2D eigenvalue weighted by atomic mass is 32.2. The number of hydrogen-bond donors (Lipinski definition) is 2. The Labute approximate surface area is 53.2 Å². The lowest BCUT2D eigenvalue weighted by atomic mass is 10.7. The summed E-state index contributed by atoms with van der Waals surface area (Å²) < 4.78 is 30.9. The molecule has 0 aliphatic rings.